The number of piperidine rings is 1. The lowest BCUT2D eigenvalue weighted by molar-refractivity contribution is 0.0180. The summed E-state index contributed by atoms with van der Waals surface area (Å²) in [4.78, 5) is 26.6. The summed E-state index contributed by atoms with van der Waals surface area (Å²) in [5, 5.41) is 5.25. The zero-order valence-corrected chi connectivity index (χ0v) is 19.5. The second kappa shape index (κ2) is 9.86. The second-order valence-electron chi connectivity index (χ2n) is 9.69. The van der Waals surface area contributed by atoms with E-state index in [0.29, 0.717) is 25.0 Å². The van der Waals surface area contributed by atoms with Gasteiger partial charge in [-0.1, -0.05) is 18.2 Å². The quantitative estimate of drug-likeness (QED) is 0.708. The van der Waals surface area contributed by atoms with Gasteiger partial charge in [-0.25, -0.2) is 4.79 Å². The van der Waals surface area contributed by atoms with Crippen LogP contribution in [0, 0.1) is 18.8 Å². The SMILES string of the molecule is COCCNC(=O)c1cc2c(cc1C)=CC(CC1CCN(C(=O)OC(C)(C)C)CC1)C=2. The average molecular weight is 429 g/mol. The van der Waals surface area contributed by atoms with Gasteiger partial charge in [0.2, 0.25) is 0 Å². The smallest absolute Gasteiger partial charge is 0.410 e. The molecule has 31 heavy (non-hydrogen) atoms. The summed E-state index contributed by atoms with van der Waals surface area (Å²) in [5.41, 5.74) is 1.26. The van der Waals surface area contributed by atoms with Gasteiger partial charge in [0.1, 0.15) is 5.60 Å². The molecule has 1 atom stereocenters. The van der Waals surface area contributed by atoms with Crippen LogP contribution in [0.1, 0.15) is 56.0 Å². The van der Waals surface area contributed by atoms with E-state index in [2.05, 4.69) is 23.5 Å². The Balaban J connectivity index is 1.58. The van der Waals surface area contributed by atoms with Crippen molar-refractivity contribution in [2.24, 2.45) is 11.8 Å². The summed E-state index contributed by atoms with van der Waals surface area (Å²) in [5.74, 6) is 0.909. The molecule has 1 heterocycles. The lowest BCUT2D eigenvalue weighted by Crippen LogP contribution is -2.41. The molecule has 1 N–H and O–H groups in total. The fraction of sp³-hybridized carbons (Fsp3) is 0.600. The number of methoxy groups -OCH3 is 1. The Labute approximate surface area is 185 Å². The minimum atomic E-state index is -0.453. The predicted molar refractivity (Wildman–Crippen MR) is 122 cm³/mol. The lowest BCUT2D eigenvalue weighted by Gasteiger charge is -2.34. The molecule has 0 saturated carbocycles. The molecule has 1 aliphatic carbocycles. The van der Waals surface area contributed by atoms with Crippen molar-refractivity contribution in [2.45, 2.75) is 52.6 Å². The van der Waals surface area contributed by atoms with E-state index in [4.69, 9.17) is 9.47 Å². The number of carbonyl (C=O) groups excluding carboxylic acids is 2. The zero-order valence-electron chi connectivity index (χ0n) is 19.5. The van der Waals surface area contributed by atoms with Crippen LogP contribution in [-0.2, 0) is 9.47 Å². The normalized spacial score (nSPS) is 18.7. The highest BCUT2D eigenvalue weighted by molar-refractivity contribution is 5.95. The van der Waals surface area contributed by atoms with E-state index in [1.165, 1.54) is 5.22 Å². The fourth-order valence-corrected chi connectivity index (χ4v) is 4.35. The first-order valence-electron chi connectivity index (χ1n) is 11.3. The Kier molecular flexibility index (Phi) is 7.42. The molecule has 1 saturated heterocycles. The summed E-state index contributed by atoms with van der Waals surface area (Å²) in [7, 11) is 1.62. The first-order chi connectivity index (χ1) is 14.7. The molecule has 3 rings (SSSR count). The van der Waals surface area contributed by atoms with Crippen LogP contribution in [0.5, 0.6) is 0 Å². The van der Waals surface area contributed by atoms with Gasteiger partial charge in [0.05, 0.1) is 6.61 Å². The standard InChI is InChI=1S/C25H36N2O4/c1-17-12-20-14-19(15-21(20)16-22(17)23(28)26-8-11-30-5)13-18-6-9-27(10-7-18)24(29)31-25(2,3)4/h12,14-16,18-19H,6-11,13H2,1-5H3,(H,26,28). The van der Waals surface area contributed by atoms with Crippen LogP contribution in [0.4, 0.5) is 4.79 Å². The van der Waals surface area contributed by atoms with Gasteiger partial charge < -0.3 is 19.7 Å². The van der Waals surface area contributed by atoms with Crippen molar-refractivity contribution in [1.29, 1.82) is 0 Å². The Bertz CT molecular complexity index is 924. The van der Waals surface area contributed by atoms with Crippen LogP contribution in [-0.4, -0.2) is 55.9 Å². The van der Waals surface area contributed by atoms with Crippen LogP contribution in [0.3, 0.4) is 0 Å². The predicted octanol–water partition coefficient (Wildman–Crippen LogP) is 2.60. The van der Waals surface area contributed by atoms with Crippen molar-refractivity contribution in [1.82, 2.24) is 10.2 Å². The molecule has 6 nitrogen and oxygen atoms in total. The van der Waals surface area contributed by atoms with E-state index in [0.717, 1.165) is 48.7 Å². The molecule has 2 amide bonds. The molecular weight excluding hydrogens is 392 g/mol. The Morgan fingerprint density at radius 2 is 1.77 bits per heavy atom. The number of benzene rings is 1. The third kappa shape index (κ3) is 6.33. The number of hydrogen-bond acceptors (Lipinski definition) is 4. The minimum absolute atomic E-state index is 0.0521. The van der Waals surface area contributed by atoms with Gasteiger partial charge in [0.25, 0.3) is 5.91 Å². The molecule has 0 radical (unpaired) electrons. The average Bonchev–Trinajstić information content (AvgIpc) is 3.07. The van der Waals surface area contributed by atoms with Gasteiger partial charge in [0, 0.05) is 32.3 Å². The van der Waals surface area contributed by atoms with Crippen molar-refractivity contribution < 1.29 is 19.1 Å². The Morgan fingerprint density at radius 1 is 1.13 bits per heavy atom. The monoisotopic (exact) mass is 428 g/mol. The number of rotatable bonds is 6. The highest BCUT2D eigenvalue weighted by Crippen LogP contribution is 2.27. The zero-order chi connectivity index (χ0) is 22.6. The molecular formula is C25H36N2O4. The van der Waals surface area contributed by atoms with E-state index < -0.39 is 5.60 Å². The summed E-state index contributed by atoms with van der Waals surface area (Å²) in [6.07, 6.45) is 7.46. The first-order valence-corrected chi connectivity index (χ1v) is 11.3. The van der Waals surface area contributed by atoms with Crippen molar-refractivity contribution in [2.75, 3.05) is 33.4 Å². The van der Waals surface area contributed by atoms with Gasteiger partial charge in [-0.2, -0.15) is 0 Å². The molecule has 1 aromatic rings. The van der Waals surface area contributed by atoms with Crippen LogP contribution in [0.2, 0.25) is 0 Å². The molecule has 0 spiro atoms. The highest BCUT2D eigenvalue weighted by Gasteiger charge is 2.28. The van der Waals surface area contributed by atoms with Gasteiger partial charge in [0.15, 0.2) is 0 Å². The molecule has 0 bridgehead atoms. The lowest BCUT2D eigenvalue weighted by atomic mass is 9.87. The number of hydrogen-bond donors (Lipinski definition) is 1. The highest BCUT2D eigenvalue weighted by atomic mass is 16.6. The maximum atomic E-state index is 12.5. The van der Waals surface area contributed by atoms with Crippen molar-refractivity contribution in [3.63, 3.8) is 0 Å². The number of aryl methyl sites for hydroxylation is 1. The summed E-state index contributed by atoms with van der Waals surface area (Å²) >= 11 is 0. The van der Waals surface area contributed by atoms with Crippen LogP contribution in [0.15, 0.2) is 12.1 Å². The van der Waals surface area contributed by atoms with E-state index >= 15 is 0 Å². The fourth-order valence-electron chi connectivity index (χ4n) is 4.35. The maximum Gasteiger partial charge on any atom is 0.410 e. The topological polar surface area (TPSA) is 67.9 Å². The maximum absolute atomic E-state index is 12.5. The Hall–Kier alpha value is -2.34. The van der Waals surface area contributed by atoms with E-state index in [1.807, 2.05) is 38.7 Å². The first kappa shape index (κ1) is 23.3. The van der Waals surface area contributed by atoms with Crippen LogP contribution >= 0.6 is 0 Å². The number of amides is 2. The largest absolute Gasteiger partial charge is 0.444 e. The molecule has 1 aromatic carbocycles. The number of nitrogens with one attached hydrogen (secondary N) is 1. The summed E-state index contributed by atoms with van der Waals surface area (Å²) in [6, 6.07) is 4.12. The van der Waals surface area contributed by atoms with E-state index in [9.17, 15) is 9.59 Å². The van der Waals surface area contributed by atoms with Gasteiger partial charge in [-0.15, -0.1) is 0 Å². The molecule has 0 aromatic heterocycles. The van der Waals surface area contributed by atoms with E-state index in [1.54, 1.807) is 7.11 Å². The summed E-state index contributed by atoms with van der Waals surface area (Å²) < 4.78 is 10.5. The summed E-state index contributed by atoms with van der Waals surface area (Å²) in [6.45, 7) is 10.2. The van der Waals surface area contributed by atoms with Gasteiger partial charge >= 0.3 is 6.09 Å². The Morgan fingerprint density at radius 3 is 2.39 bits per heavy atom. The minimum Gasteiger partial charge on any atom is -0.444 e. The number of nitrogens with zero attached hydrogens (tertiary/aromatic N) is 1. The van der Waals surface area contributed by atoms with Crippen LogP contribution < -0.4 is 15.8 Å². The number of carbonyl (C=O) groups is 2. The van der Waals surface area contributed by atoms with Crippen molar-refractivity contribution in [3.8, 4) is 0 Å². The molecule has 1 aliphatic heterocycles. The van der Waals surface area contributed by atoms with Gasteiger partial charge in [-0.3, -0.25) is 4.79 Å². The molecule has 6 heteroatoms. The molecule has 1 unspecified atom stereocenters. The van der Waals surface area contributed by atoms with E-state index in [-0.39, 0.29) is 12.0 Å². The van der Waals surface area contributed by atoms with Gasteiger partial charge in [-0.05, 0) is 80.9 Å². The van der Waals surface area contributed by atoms with Crippen molar-refractivity contribution >= 4 is 24.2 Å². The third-order valence-electron chi connectivity index (χ3n) is 5.93. The number of ether oxygens (including phenoxy) is 2. The molecule has 2 aliphatic rings. The second-order valence-corrected chi connectivity index (χ2v) is 9.69. The molecule has 170 valence electrons. The number of fused-ring (bicyclic) bond motifs is 1. The van der Waals surface area contributed by atoms with Crippen molar-refractivity contribution in [3.05, 3.63) is 33.7 Å². The third-order valence-corrected chi connectivity index (χ3v) is 5.93. The molecule has 1 fully saturated rings. The van der Waals surface area contributed by atoms with Crippen LogP contribution in [0.25, 0.3) is 12.2 Å². The number of likely N-dealkylation sites (tertiary alicyclic amines) is 1.